The molecule has 94 valence electrons. The molecule has 1 heteroatoms. The van der Waals surface area contributed by atoms with Gasteiger partial charge in [-0.1, -0.05) is 33.6 Å². The molecular formula is C15H29N. The molecule has 2 fully saturated rings. The fourth-order valence-electron chi connectivity index (χ4n) is 4.13. The predicted molar refractivity (Wildman–Crippen MR) is 70.5 cm³/mol. The molecule has 0 spiro atoms. The van der Waals surface area contributed by atoms with E-state index in [1.165, 1.54) is 44.9 Å². The van der Waals surface area contributed by atoms with E-state index in [1.807, 2.05) is 0 Å². The first kappa shape index (κ1) is 12.4. The lowest BCUT2D eigenvalue weighted by atomic mass is 9.80. The van der Waals surface area contributed by atoms with Crippen LogP contribution in [0.2, 0.25) is 0 Å². The van der Waals surface area contributed by atoms with E-state index in [0.29, 0.717) is 0 Å². The number of hydrogen-bond acceptors (Lipinski definition) is 1. The first-order valence-electron chi connectivity index (χ1n) is 7.45. The van der Waals surface area contributed by atoms with Crippen molar-refractivity contribution in [3.8, 4) is 0 Å². The zero-order valence-corrected chi connectivity index (χ0v) is 11.3. The molecule has 2 aliphatic carbocycles. The van der Waals surface area contributed by atoms with E-state index in [2.05, 4.69) is 26.1 Å². The Labute approximate surface area is 101 Å². The van der Waals surface area contributed by atoms with Gasteiger partial charge in [0.2, 0.25) is 0 Å². The van der Waals surface area contributed by atoms with E-state index in [-0.39, 0.29) is 0 Å². The van der Waals surface area contributed by atoms with E-state index in [9.17, 15) is 0 Å². The summed E-state index contributed by atoms with van der Waals surface area (Å²) < 4.78 is 0. The van der Waals surface area contributed by atoms with E-state index >= 15 is 0 Å². The zero-order chi connectivity index (χ0) is 11.5. The lowest BCUT2D eigenvalue weighted by Gasteiger charge is -2.35. The highest BCUT2D eigenvalue weighted by Crippen LogP contribution is 2.32. The molecule has 0 aromatic heterocycles. The second-order valence-electron chi connectivity index (χ2n) is 6.49. The van der Waals surface area contributed by atoms with Gasteiger partial charge in [0.1, 0.15) is 0 Å². The molecule has 0 saturated heterocycles. The van der Waals surface area contributed by atoms with Crippen molar-refractivity contribution >= 4 is 0 Å². The summed E-state index contributed by atoms with van der Waals surface area (Å²) in [7, 11) is 0. The molecule has 0 aromatic rings. The predicted octanol–water partition coefficient (Wildman–Crippen LogP) is 3.98. The molecular weight excluding hydrogens is 194 g/mol. The molecule has 2 rings (SSSR count). The molecule has 4 unspecified atom stereocenters. The zero-order valence-electron chi connectivity index (χ0n) is 11.3. The second-order valence-corrected chi connectivity index (χ2v) is 6.49. The van der Waals surface area contributed by atoms with Crippen LogP contribution in [-0.2, 0) is 0 Å². The summed E-state index contributed by atoms with van der Waals surface area (Å²) in [6, 6.07) is 1.66. The first-order valence-corrected chi connectivity index (χ1v) is 7.45. The average molecular weight is 223 g/mol. The third kappa shape index (κ3) is 3.00. The standard InChI is InChI=1S/C15H29N/c1-4-13-6-5-7-15(13)16-14-9-11(2)8-12(3)10-14/h11-16H,4-10H2,1-3H3. The molecule has 0 bridgehead atoms. The maximum atomic E-state index is 3.98. The first-order chi connectivity index (χ1) is 7.69. The summed E-state index contributed by atoms with van der Waals surface area (Å²) in [6.07, 6.45) is 9.99. The van der Waals surface area contributed by atoms with Crippen molar-refractivity contribution in [2.45, 2.75) is 77.8 Å². The number of nitrogens with one attached hydrogen (secondary N) is 1. The number of rotatable bonds is 3. The smallest absolute Gasteiger partial charge is 0.00978 e. The van der Waals surface area contributed by atoms with Gasteiger partial charge in [0, 0.05) is 12.1 Å². The Morgan fingerprint density at radius 2 is 1.69 bits per heavy atom. The lowest BCUT2D eigenvalue weighted by molar-refractivity contribution is 0.212. The summed E-state index contributed by atoms with van der Waals surface area (Å²) in [6.45, 7) is 7.21. The van der Waals surface area contributed by atoms with Crippen LogP contribution >= 0.6 is 0 Å². The normalized spacial score (nSPS) is 44.8. The van der Waals surface area contributed by atoms with E-state index in [4.69, 9.17) is 0 Å². The van der Waals surface area contributed by atoms with Crippen LogP contribution in [-0.4, -0.2) is 12.1 Å². The molecule has 0 radical (unpaired) electrons. The fraction of sp³-hybridized carbons (Fsp3) is 1.00. The highest BCUT2D eigenvalue weighted by atomic mass is 15.0. The molecule has 16 heavy (non-hydrogen) atoms. The Bertz CT molecular complexity index is 203. The van der Waals surface area contributed by atoms with Gasteiger partial charge in [0.25, 0.3) is 0 Å². The summed E-state index contributed by atoms with van der Waals surface area (Å²) in [4.78, 5) is 0. The van der Waals surface area contributed by atoms with Crippen molar-refractivity contribution in [3.05, 3.63) is 0 Å². The molecule has 0 amide bonds. The van der Waals surface area contributed by atoms with Crippen LogP contribution in [0.5, 0.6) is 0 Å². The third-order valence-electron chi connectivity index (χ3n) is 4.81. The monoisotopic (exact) mass is 223 g/mol. The van der Waals surface area contributed by atoms with Gasteiger partial charge >= 0.3 is 0 Å². The van der Waals surface area contributed by atoms with Crippen LogP contribution in [0.1, 0.15) is 65.7 Å². The lowest BCUT2D eigenvalue weighted by Crippen LogP contribution is -2.43. The Morgan fingerprint density at radius 3 is 2.31 bits per heavy atom. The quantitative estimate of drug-likeness (QED) is 0.763. The van der Waals surface area contributed by atoms with Gasteiger partial charge < -0.3 is 5.32 Å². The molecule has 0 heterocycles. The van der Waals surface area contributed by atoms with Gasteiger partial charge in [-0.3, -0.25) is 0 Å². The maximum absolute atomic E-state index is 3.98. The van der Waals surface area contributed by atoms with Crippen molar-refractivity contribution in [2.24, 2.45) is 17.8 Å². The maximum Gasteiger partial charge on any atom is 0.00978 e. The Balaban J connectivity index is 1.84. The summed E-state index contributed by atoms with van der Waals surface area (Å²) >= 11 is 0. The van der Waals surface area contributed by atoms with Gasteiger partial charge in [-0.05, 0) is 49.9 Å². The minimum atomic E-state index is 0.816. The number of hydrogen-bond donors (Lipinski definition) is 1. The average Bonchev–Trinajstić information content (AvgIpc) is 2.63. The van der Waals surface area contributed by atoms with Crippen LogP contribution in [0.15, 0.2) is 0 Å². The van der Waals surface area contributed by atoms with Gasteiger partial charge in [-0.15, -0.1) is 0 Å². The van der Waals surface area contributed by atoms with Gasteiger partial charge in [0.15, 0.2) is 0 Å². The van der Waals surface area contributed by atoms with Gasteiger partial charge in [-0.25, -0.2) is 0 Å². The highest BCUT2D eigenvalue weighted by Gasteiger charge is 2.30. The molecule has 0 aromatic carbocycles. The van der Waals surface area contributed by atoms with Crippen LogP contribution in [0.25, 0.3) is 0 Å². The van der Waals surface area contributed by atoms with E-state index in [1.54, 1.807) is 0 Å². The SMILES string of the molecule is CCC1CCCC1NC1CC(C)CC(C)C1. The fourth-order valence-corrected chi connectivity index (χ4v) is 4.13. The van der Waals surface area contributed by atoms with Crippen molar-refractivity contribution in [2.75, 3.05) is 0 Å². The van der Waals surface area contributed by atoms with Crippen molar-refractivity contribution < 1.29 is 0 Å². The molecule has 2 saturated carbocycles. The Kier molecular flexibility index (Phi) is 4.29. The van der Waals surface area contributed by atoms with Crippen LogP contribution in [0.4, 0.5) is 0 Å². The molecule has 1 nitrogen and oxygen atoms in total. The largest absolute Gasteiger partial charge is 0.311 e. The van der Waals surface area contributed by atoms with Gasteiger partial charge in [-0.2, -0.15) is 0 Å². The Morgan fingerprint density at radius 1 is 1.00 bits per heavy atom. The van der Waals surface area contributed by atoms with Crippen LogP contribution in [0.3, 0.4) is 0 Å². The van der Waals surface area contributed by atoms with Crippen LogP contribution < -0.4 is 5.32 Å². The van der Waals surface area contributed by atoms with E-state index in [0.717, 1.165) is 29.8 Å². The summed E-state index contributed by atoms with van der Waals surface area (Å²) in [5, 5.41) is 3.98. The van der Waals surface area contributed by atoms with Crippen molar-refractivity contribution in [3.63, 3.8) is 0 Å². The minimum absolute atomic E-state index is 0.816. The van der Waals surface area contributed by atoms with Crippen LogP contribution in [0, 0.1) is 17.8 Å². The molecule has 1 N–H and O–H groups in total. The Hall–Kier alpha value is -0.0400. The third-order valence-corrected chi connectivity index (χ3v) is 4.81. The topological polar surface area (TPSA) is 12.0 Å². The molecule has 0 aliphatic heterocycles. The molecule has 2 aliphatic rings. The van der Waals surface area contributed by atoms with Crippen molar-refractivity contribution in [1.82, 2.24) is 5.32 Å². The van der Waals surface area contributed by atoms with E-state index < -0.39 is 0 Å². The minimum Gasteiger partial charge on any atom is -0.311 e. The molecule has 4 atom stereocenters. The highest BCUT2D eigenvalue weighted by molar-refractivity contribution is 4.88. The van der Waals surface area contributed by atoms with Gasteiger partial charge in [0.05, 0.1) is 0 Å². The summed E-state index contributed by atoms with van der Waals surface area (Å²) in [5.41, 5.74) is 0. The van der Waals surface area contributed by atoms with Crippen molar-refractivity contribution in [1.29, 1.82) is 0 Å². The summed E-state index contributed by atoms with van der Waals surface area (Å²) in [5.74, 6) is 2.83. The second kappa shape index (κ2) is 5.53.